The first-order chi connectivity index (χ1) is 6.84. The van der Waals surface area contributed by atoms with Gasteiger partial charge in [-0.25, -0.2) is 4.98 Å². The molecule has 2 heterocycles. The Kier molecular flexibility index (Phi) is 3.16. The second-order valence-electron chi connectivity index (χ2n) is 2.82. The summed E-state index contributed by atoms with van der Waals surface area (Å²) in [4.78, 5) is 4.33. The summed E-state index contributed by atoms with van der Waals surface area (Å²) in [6, 6.07) is 7.97. The summed E-state index contributed by atoms with van der Waals surface area (Å²) in [7, 11) is 0. The molecule has 0 unspecified atom stereocenters. The third-order valence-electron chi connectivity index (χ3n) is 1.77. The molecule has 0 radical (unpaired) electrons. The smallest absolute Gasteiger partial charge is 0.106 e. The maximum atomic E-state index is 4.33. The zero-order chi connectivity index (χ0) is 9.80. The minimum absolute atomic E-state index is 0.760. The predicted octanol–water partition coefficient (Wildman–Crippen LogP) is 3.52. The van der Waals surface area contributed by atoms with Crippen LogP contribution in [0, 0.1) is 0 Å². The van der Waals surface area contributed by atoms with Gasteiger partial charge in [-0.05, 0) is 39.5 Å². The number of halogens is 1. The van der Waals surface area contributed by atoms with Gasteiger partial charge in [-0.1, -0.05) is 6.07 Å². The van der Waals surface area contributed by atoms with Gasteiger partial charge in [-0.2, -0.15) is 11.3 Å². The van der Waals surface area contributed by atoms with E-state index in [1.807, 2.05) is 18.2 Å². The molecule has 0 spiro atoms. The van der Waals surface area contributed by atoms with Crippen molar-refractivity contribution in [3.63, 3.8) is 0 Å². The SMILES string of the molecule is Brc1cccc(CNc2ccsc2)n1. The standard InChI is InChI=1S/C10H9BrN2S/c11-10-3-1-2-8(13-10)6-12-9-4-5-14-7-9/h1-5,7,12H,6H2. The number of pyridine rings is 1. The summed E-state index contributed by atoms with van der Waals surface area (Å²) in [5.41, 5.74) is 2.18. The van der Waals surface area contributed by atoms with Gasteiger partial charge in [0, 0.05) is 11.1 Å². The first-order valence-corrected chi connectivity index (χ1v) is 5.96. The Labute approximate surface area is 95.1 Å². The van der Waals surface area contributed by atoms with E-state index in [1.54, 1.807) is 11.3 Å². The lowest BCUT2D eigenvalue weighted by Gasteiger charge is -2.03. The van der Waals surface area contributed by atoms with Crippen molar-refractivity contribution in [3.8, 4) is 0 Å². The number of nitrogens with zero attached hydrogens (tertiary/aromatic N) is 1. The highest BCUT2D eigenvalue weighted by Crippen LogP contribution is 2.13. The van der Waals surface area contributed by atoms with Crippen LogP contribution in [-0.4, -0.2) is 4.98 Å². The van der Waals surface area contributed by atoms with Crippen molar-refractivity contribution in [1.29, 1.82) is 0 Å². The number of hydrogen-bond acceptors (Lipinski definition) is 3. The fourth-order valence-corrected chi connectivity index (χ4v) is 2.10. The molecule has 0 amide bonds. The number of thiophene rings is 1. The van der Waals surface area contributed by atoms with Gasteiger partial charge < -0.3 is 5.32 Å². The first kappa shape index (κ1) is 9.68. The molecule has 4 heteroatoms. The maximum absolute atomic E-state index is 4.33. The van der Waals surface area contributed by atoms with Crippen molar-refractivity contribution in [1.82, 2.24) is 4.98 Å². The molecular formula is C10H9BrN2S. The van der Waals surface area contributed by atoms with Gasteiger partial charge >= 0.3 is 0 Å². The van der Waals surface area contributed by atoms with E-state index in [9.17, 15) is 0 Å². The second kappa shape index (κ2) is 4.57. The zero-order valence-corrected chi connectivity index (χ0v) is 9.81. The topological polar surface area (TPSA) is 24.9 Å². The molecule has 2 nitrogen and oxygen atoms in total. The summed E-state index contributed by atoms with van der Waals surface area (Å²) >= 11 is 5.03. The van der Waals surface area contributed by atoms with E-state index in [4.69, 9.17) is 0 Å². The van der Waals surface area contributed by atoms with Crippen LogP contribution in [-0.2, 0) is 6.54 Å². The number of anilines is 1. The molecule has 72 valence electrons. The van der Waals surface area contributed by atoms with Crippen molar-refractivity contribution >= 4 is 33.0 Å². The molecule has 0 bridgehead atoms. The van der Waals surface area contributed by atoms with Crippen LogP contribution in [0.25, 0.3) is 0 Å². The Morgan fingerprint density at radius 2 is 2.29 bits per heavy atom. The molecule has 2 aromatic rings. The maximum Gasteiger partial charge on any atom is 0.106 e. The van der Waals surface area contributed by atoms with E-state index in [1.165, 1.54) is 0 Å². The molecule has 0 aromatic carbocycles. The Morgan fingerprint density at radius 1 is 1.36 bits per heavy atom. The van der Waals surface area contributed by atoms with E-state index < -0.39 is 0 Å². The molecule has 0 fully saturated rings. The number of aromatic nitrogens is 1. The molecule has 0 saturated heterocycles. The van der Waals surface area contributed by atoms with Crippen LogP contribution >= 0.6 is 27.3 Å². The monoisotopic (exact) mass is 268 g/mol. The second-order valence-corrected chi connectivity index (χ2v) is 4.41. The van der Waals surface area contributed by atoms with E-state index in [0.717, 1.165) is 22.5 Å². The molecule has 2 rings (SSSR count). The lowest BCUT2D eigenvalue weighted by Crippen LogP contribution is -2.00. The Balaban J connectivity index is 1.98. The van der Waals surface area contributed by atoms with Crippen molar-refractivity contribution in [3.05, 3.63) is 45.3 Å². The molecule has 2 aromatic heterocycles. The zero-order valence-electron chi connectivity index (χ0n) is 7.40. The van der Waals surface area contributed by atoms with Crippen LogP contribution in [0.4, 0.5) is 5.69 Å². The summed E-state index contributed by atoms with van der Waals surface area (Å²) < 4.78 is 0.877. The van der Waals surface area contributed by atoms with E-state index in [-0.39, 0.29) is 0 Å². The summed E-state index contributed by atoms with van der Waals surface area (Å²) in [5.74, 6) is 0. The van der Waals surface area contributed by atoms with Gasteiger partial charge in [0.1, 0.15) is 4.60 Å². The van der Waals surface area contributed by atoms with Crippen LogP contribution in [0.2, 0.25) is 0 Å². The van der Waals surface area contributed by atoms with Crippen molar-refractivity contribution in [2.75, 3.05) is 5.32 Å². The van der Waals surface area contributed by atoms with Gasteiger partial charge in [0.05, 0.1) is 12.2 Å². The third-order valence-corrected chi connectivity index (χ3v) is 2.89. The highest BCUT2D eigenvalue weighted by Gasteiger charge is 1.95. The van der Waals surface area contributed by atoms with E-state index in [2.05, 4.69) is 43.1 Å². The van der Waals surface area contributed by atoms with Crippen LogP contribution in [0.5, 0.6) is 0 Å². The first-order valence-electron chi connectivity index (χ1n) is 4.22. The number of hydrogen-bond donors (Lipinski definition) is 1. The molecule has 14 heavy (non-hydrogen) atoms. The highest BCUT2D eigenvalue weighted by atomic mass is 79.9. The van der Waals surface area contributed by atoms with Crippen LogP contribution in [0.1, 0.15) is 5.69 Å². The van der Waals surface area contributed by atoms with Crippen LogP contribution in [0.15, 0.2) is 39.6 Å². The van der Waals surface area contributed by atoms with E-state index >= 15 is 0 Å². The molecule has 0 atom stereocenters. The minimum atomic E-state index is 0.760. The molecular weight excluding hydrogens is 260 g/mol. The van der Waals surface area contributed by atoms with Crippen molar-refractivity contribution in [2.24, 2.45) is 0 Å². The number of rotatable bonds is 3. The van der Waals surface area contributed by atoms with Crippen LogP contribution < -0.4 is 5.32 Å². The number of nitrogens with one attached hydrogen (secondary N) is 1. The van der Waals surface area contributed by atoms with Crippen molar-refractivity contribution in [2.45, 2.75) is 6.54 Å². The van der Waals surface area contributed by atoms with Gasteiger partial charge in [0.15, 0.2) is 0 Å². The Bertz CT molecular complexity index is 400. The lowest BCUT2D eigenvalue weighted by atomic mass is 10.3. The molecule has 0 aliphatic carbocycles. The Morgan fingerprint density at radius 3 is 3.00 bits per heavy atom. The molecule has 0 aliphatic heterocycles. The third kappa shape index (κ3) is 2.56. The lowest BCUT2D eigenvalue weighted by molar-refractivity contribution is 1.03. The quantitative estimate of drug-likeness (QED) is 0.862. The van der Waals surface area contributed by atoms with Crippen LogP contribution in [0.3, 0.4) is 0 Å². The normalized spacial score (nSPS) is 10.1. The largest absolute Gasteiger partial charge is 0.379 e. The van der Waals surface area contributed by atoms with Gasteiger partial charge in [-0.3, -0.25) is 0 Å². The van der Waals surface area contributed by atoms with E-state index in [0.29, 0.717) is 0 Å². The van der Waals surface area contributed by atoms with Gasteiger partial charge in [0.2, 0.25) is 0 Å². The average molecular weight is 269 g/mol. The minimum Gasteiger partial charge on any atom is -0.379 e. The summed E-state index contributed by atoms with van der Waals surface area (Å²) in [6.45, 7) is 0.760. The summed E-state index contributed by atoms with van der Waals surface area (Å²) in [6.07, 6.45) is 0. The Hall–Kier alpha value is -0.870. The highest BCUT2D eigenvalue weighted by molar-refractivity contribution is 9.10. The fourth-order valence-electron chi connectivity index (χ4n) is 1.11. The predicted molar refractivity (Wildman–Crippen MR) is 63.6 cm³/mol. The molecule has 0 saturated carbocycles. The molecule has 0 aliphatic rings. The molecule has 1 N–H and O–H groups in total. The fraction of sp³-hybridized carbons (Fsp3) is 0.100. The van der Waals surface area contributed by atoms with Gasteiger partial charge in [-0.15, -0.1) is 0 Å². The summed E-state index contributed by atoms with van der Waals surface area (Å²) in [5, 5.41) is 7.43. The van der Waals surface area contributed by atoms with Gasteiger partial charge in [0.25, 0.3) is 0 Å². The van der Waals surface area contributed by atoms with Crippen molar-refractivity contribution < 1.29 is 0 Å². The average Bonchev–Trinajstić information content (AvgIpc) is 2.67.